The second-order valence-corrected chi connectivity index (χ2v) is 6.64. The van der Waals surface area contributed by atoms with Crippen LogP contribution in [0, 0.1) is 17.0 Å². The monoisotopic (exact) mass is 353 g/mol. The van der Waals surface area contributed by atoms with Gasteiger partial charge >= 0.3 is 0 Å². The highest BCUT2D eigenvalue weighted by molar-refractivity contribution is 7.15. The number of nitrogens with zero attached hydrogens (tertiary/aromatic N) is 2. The summed E-state index contributed by atoms with van der Waals surface area (Å²) in [5, 5.41) is 14.1. The number of rotatable bonds is 5. The van der Waals surface area contributed by atoms with Gasteiger partial charge in [-0.2, -0.15) is 0 Å². The molecule has 0 radical (unpaired) electrons. The zero-order chi connectivity index (χ0) is 17.8. The molecule has 0 saturated heterocycles. The fraction of sp³-hybridized carbons (Fsp3) is 0.111. The molecule has 0 atom stereocenters. The maximum Gasteiger partial charge on any atom is 0.282 e. The number of carbonyl (C=O) groups excluding carboxylic acids is 1. The number of nitrogens with one attached hydrogen (secondary N) is 1. The average Bonchev–Trinajstić information content (AvgIpc) is 3.01. The van der Waals surface area contributed by atoms with Gasteiger partial charge in [0.25, 0.3) is 11.6 Å². The van der Waals surface area contributed by atoms with Crippen LogP contribution in [0.25, 0.3) is 0 Å². The Balaban J connectivity index is 1.73. The van der Waals surface area contributed by atoms with E-state index in [9.17, 15) is 14.9 Å². The molecule has 0 saturated carbocycles. The van der Waals surface area contributed by atoms with E-state index in [1.165, 1.54) is 40.7 Å². The van der Waals surface area contributed by atoms with E-state index in [4.69, 9.17) is 0 Å². The van der Waals surface area contributed by atoms with E-state index in [1.54, 1.807) is 12.3 Å². The van der Waals surface area contributed by atoms with Crippen molar-refractivity contribution in [2.45, 2.75) is 13.3 Å². The Labute approximate surface area is 148 Å². The van der Waals surface area contributed by atoms with Crippen molar-refractivity contribution < 1.29 is 9.72 Å². The molecule has 0 aliphatic heterocycles. The molecule has 3 aromatic rings. The summed E-state index contributed by atoms with van der Waals surface area (Å²) in [6.07, 6.45) is 2.43. The molecule has 6 nitrogen and oxygen atoms in total. The van der Waals surface area contributed by atoms with E-state index < -0.39 is 10.8 Å². The van der Waals surface area contributed by atoms with Crippen molar-refractivity contribution in [2.75, 3.05) is 5.32 Å². The number of nitro groups is 1. The quantitative estimate of drug-likeness (QED) is 0.550. The van der Waals surface area contributed by atoms with Gasteiger partial charge in [0.05, 0.1) is 4.92 Å². The third-order valence-electron chi connectivity index (χ3n) is 3.58. The molecule has 0 fully saturated rings. The summed E-state index contributed by atoms with van der Waals surface area (Å²) in [5.74, 6) is -0.538. The summed E-state index contributed by atoms with van der Waals surface area (Å²) in [4.78, 5) is 28.0. The molecule has 0 bridgehead atoms. The Kier molecular flexibility index (Phi) is 4.85. The number of carbonyl (C=O) groups is 1. The highest BCUT2D eigenvalue weighted by Gasteiger charge is 2.20. The van der Waals surface area contributed by atoms with Crippen LogP contribution < -0.4 is 5.32 Å². The maximum atomic E-state index is 12.3. The number of aromatic nitrogens is 1. The van der Waals surface area contributed by atoms with Gasteiger partial charge in [0, 0.05) is 23.6 Å². The molecule has 1 aromatic heterocycles. The summed E-state index contributed by atoms with van der Waals surface area (Å²) in [6.45, 7) is 2.04. The third kappa shape index (κ3) is 4.07. The first-order chi connectivity index (χ1) is 12.0. The summed E-state index contributed by atoms with van der Waals surface area (Å²) in [5.41, 5.74) is 2.15. The standard InChI is InChI=1S/C18H15N3O3S/c1-12-5-4-6-13(9-12)10-14-11-19-18(25-14)20-17(22)15-7-2-3-8-16(15)21(23)24/h2-9,11H,10H2,1H3,(H,19,20,22). The number of nitro benzene ring substituents is 1. The predicted octanol–water partition coefficient (Wildman–Crippen LogP) is 4.20. The molecule has 1 amide bonds. The Morgan fingerprint density at radius 1 is 1.24 bits per heavy atom. The molecule has 1 heterocycles. The molecule has 0 aliphatic rings. The largest absolute Gasteiger partial charge is 0.298 e. The minimum Gasteiger partial charge on any atom is -0.298 e. The van der Waals surface area contributed by atoms with Gasteiger partial charge in [-0.15, -0.1) is 11.3 Å². The van der Waals surface area contributed by atoms with E-state index >= 15 is 0 Å². The minimum atomic E-state index is -0.570. The minimum absolute atomic E-state index is 0.0166. The van der Waals surface area contributed by atoms with Crippen molar-refractivity contribution in [1.82, 2.24) is 4.98 Å². The van der Waals surface area contributed by atoms with E-state index in [0.717, 1.165) is 11.3 Å². The normalized spacial score (nSPS) is 10.4. The Bertz CT molecular complexity index is 937. The van der Waals surface area contributed by atoms with Gasteiger partial charge in [0.2, 0.25) is 0 Å². The van der Waals surface area contributed by atoms with Crippen LogP contribution in [0.4, 0.5) is 10.8 Å². The predicted molar refractivity (Wildman–Crippen MR) is 97.1 cm³/mol. The van der Waals surface area contributed by atoms with Crippen LogP contribution in [0.3, 0.4) is 0 Å². The number of amides is 1. The molecule has 0 spiro atoms. The summed E-state index contributed by atoms with van der Waals surface area (Å²) in [7, 11) is 0. The van der Waals surface area contributed by atoms with Gasteiger partial charge < -0.3 is 0 Å². The SMILES string of the molecule is Cc1cccc(Cc2cnc(NC(=O)c3ccccc3[N+](=O)[O-])s2)c1. The number of aryl methyl sites for hydroxylation is 1. The lowest BCUT2D eigenvalue weighted by atomic mass is 10.1. The lowest BCUT2D eigenvalue weighted by Crippen LogP contribution is -2.13. The van der Waals surface area contributed by atoms with Crippen molar-refractivity contribution in [3.8, 4) is 0 Å². The smallest absolute Gasteiger partial charge is 0.282 e. The van der Waals surface area contributed by atoms with Gasteiger partial charge in [-0.3, -0.25) is 20.2 Å². The Morgan fingerprint density at radius 3 is 2.80 bits per heavy atom. The second kappa shape index (κ2) is 7.23. The lowest BCUT2D eigenvalue weighted by molar-refractivity contribution is -0.385. The number of anilines is 1. The van der Waals surface area contributed by atoms with Gasteiger partial charge in [-0.05, 0) is 18.6 Å². The molecule has 0 unspecified atom stereocenters. The lowest BCUT2D eigenvalue weighted by Gasteiger charge is -2.02. The zero-order valence-electron chi connectivity index (χ0n) is 13.4. The Hall–Kier alpha value is -3.06. The van der Waals surface area contributed by atoms with Crippen LogP contribution in [0.1, 0.15) is 26.4 Å². The summed E-state index contributed by atoms with van der Waals surface area (Å²) in [6, 6.07) is 14.0. The van der Waals surface area contributed by atoms with Crippen molar-refractivity contribution >= 4 is 28.1 Å². The molecule has 25 heavy (non-hydrogen) atoms. The van der Waals surface area contributed by atoms with Gasteiger partial charge in [0.1, 0.15) is 5.56 Å². The first kappa shape index (κ1) is 16.8. The average molecular weight is 353 g/mol. The topological polar surface area (TPSA) is 85.1 Å². The van der Waals surface area contributed by atoms with Gasteiger partial charge in [0.15, 0.2) is 5.13 Å². The van der Waals surface area contributed by atoms with Crippen LogP contribution in [0.5, 0.6) is 0 Å². The van der Waals surface area contributed by atoms with Crippen molar-refractivity contribution in [1.29, 1.82) is 0 Å². The third-order valence-corrected chi connectivity index (χ3v) is 4.49. The first-order valence-corrected chi connectivity index (χ1v) is 8.39. The van der Waals surface area contributed by atoms with E-state index in [2.05, 4.69) is 16.4 Å². The molecule has 2 aromatic carbocycles. The van der Waals surface area contributed by atoms with Crippen LogP contribution in [-0.4, -0.2) is 15.8 Å². The van der Waals surface area contributed by atoms with E-state index in [0.29, 0.717) is 5.13 Å². The fourth-order valence-electron chi connectivity index (χ4n) is 2.46. The van der Waals surface area contributed by atoms with Crippen molar-refractivity contribution in [3.63, 3.8) is 0 Å². The fourth-order valence-corrected chi connectivity index (χ4v) is 3.30. The van der Waals surface area contributed by atoms with Crippen LogP contribution in [0.15, 0.2) is 54.7 Å². The number of hydrogen-bond acceptors (Lipinski definition) is 5. The highest BCUT2D eigenvalue weighted by Crippen LogP contribution is 2.24. The Morgan fingerprint density at radius 2 is 2.04 bits per heavy atom. The molecule has 126 valence electrons. The molecule has 3 rings (SSSR count). The summed E-state index contributed by atoms with van der Waals surface area (Å²) < 4.78 is 0. The van der Waals surface area contributed by atoms with Crippen LogP contribution >= 0.6 is 11.3 Å². The number of hydrogen-bond donors (Lipinski definition) is 1. The second-order valence-electron chi connectivity index (χ2n) is 5.53. The van der Waals surface area contributed by atoms with Crippen molar-refractivity contribution in [2.24, 2.45) is 0 Å². The van der Waals surface area contributed by atoms with Gasteiger partial charge in [-0.25, -0.2) is 4.98 Å². The van der Waals surface area contributed by atoms with E-state index in [-0.39, 0.29) is 11.3 Å². The summed E-state index contributed by atoms with van der Waals surface area (Å²) >= 11 is 1.36. The number of benzene rings is 2. The van der Waals surface area contributed by atoms with Crippen LogP contribution in [-0.2, 0) is 6.42 Å². The molecule has 7 heteroatoms. The maximum absolute atomic E-state index is 12.3. The molecule has 0 aliphatic carbocycles. The molecule has 1 N–H and O–H groups in total. The first-order valence-electron chi connectivity index (χ1n) is 7.58. The molecular formula is C18H15N3O3S. The van der Waals surface area contributed by atoms with E-state index in [1.807, 2.05) is 25.1 Å². The van der Waals surface area contributed by atoms with Gasteiger partial charge in [-0.1, -0.05) is 42.0 Å². The zero-order valence-corrected chi connectivity index (χ0v) is 14.2. The molecular weight excluding hydrogens is 338 g/mol. The number of thiazole rings is 1. The highest BCUT2D eigenvalue weighted by atomic mass is 32.1. The van der Waals surface area contributed by atoms with Crippen LogP contribution in [0.2, 0.25) is 0 Å². The van der Waals surface area contributed by atoms with Crippen molar-refractivity contribution in [3.05, 3.63) is 86.4 Å². The number of para-hydroxylation sites is 1.